The number of carbonyl (C=O) groups excluding carboxylic acids is 2. The number of carbonyl (C=O) groups is 2. The molecule has 0 aliphatic heterocycles. The number of anilines is 1. The van der Waals surface area contributed by atoms with Crippen LogP contribution < -0.4 is 19.1 Å². The molecule has 4 aromatic rings. The standard InChI is InChI=1S/C36H40ClN3O6S/c1-4-5-22-38-36(42)33(24-27-12-7-6-8-13-27)39(25-28-14-11-15-29(37)23-28)35(41)26-40(32-16-9-10-17-34(32)46-3)47(43,44)31-20-18-30(45-2)19-21-31/h6-21,23,33H,4-5,22,24-26H2,1-3H3,(H,38,42)/t33-/m0/s1. The first-order chi connectivity index (χ1) is 22.7. The monoisotopic (exact) mass is 677 g/mol. The molecular formula is C36H40ClN3O6S. The molecule has 0 saturated heterocycles. The van der Waals surface area contributed by atoms with E-state index in [2.05, 4.69) is 5.32 Å². The minimum Gasteiger partial charge on any atom is -0.497 e. The number of para-hydroxylation sites is 2. The third kappa shape index (κ3) is 9.27. The third-order valence-electron chi connectivity index (χ3n) is 7.62. The molecule has 0 bridgehead atoms. The molecule has 1 atom stereocenters. The van der Waals surface area contributed by atoms with Crippen LogP contribution in [0, 0.1) is 0 Å². The van der Waals surface area contributed by atoms with Crippen molar-refractivity contribution in [3.8, 4) is 11.5 Å². The quantitative estimate of drug-likeness (QED) is 0.144. The maximum atomic E-state index is 14.6. The Kier molecular flexibility index (Phi) is 12.7. The van der Waals surface area contributed by atoms with Crippen molar-refractivity contribution in [3.05, 3.63) is 119 Å². The first-order valence-electron chi connectivity index (χ1n) is 15.3. The van der Waals surface area contributed by atoms with Crippen LogP contribution in [0.2, 0.25) is 5.02 Å². The van der Waals surface area contributed by atoms with Crippen LogP contribution in [0.15, 0.2) is 108 Å². The maximum Gasteiger partial charge on any atom is 0.264 e. The first-order valence-corrected chi connectivity index (χ1v) is 17.1. The molecule has 9 nitrogen and oxygen atoms in total. The number of nitrogens with one attached hydrogen (secondary N) is 1. The largest absolute Gasteiger partial charge is 0.497 e. The lowest BCUT2D eigenvalue weighted by atomic mass is 10.0. The van der Waals surface area contributed by atoms with E-state index in [1.165, 1.54) is 43.4 Å². The molecule has 0 aromatic heterocycles. The predicted molar refractivity (Wildman–Crippen MR) is 184 cm³/mol. The summed E-state index contributed by atoms with van der Waals surface area (Å²) >= 11 is 6.32. The summed E-state index contributed by atoms with van der Waals surface area (Å²) in [6.07, 6.45) is 1.87. The Balaban J connectivity index is 1.82. The summed E-state index contributed by atoms with van der Waals surface area (Å²) in [5, 5.41) is 3.46. The fourth-order valence-corrected chi connectivity index (χ4v) is 6.75. The van der Waals surface area contributed by atoms with E-state index in [1.807, 2.05) is 43.3 Å². The third-order valence-corrected chi connectivity index (χ3v) is 9.63. The Labute approximate surface area is 282 Å². The molecule has 0 heterocycles. The Hall–Kier alpha value is -4.54. The summed E-state index contributed by atoms with van der Waals surface area (Å²) in [5.41, 5.74) is 1.71. The van der Waals surface area contributed by atoms with Gasteiger partial charge in [-0.1, -0.05) is 79.5 Å². The number of benzene rings is 4. The van der Waals surface area contributed by atoms with E-state index in [-0.39, 0.29) is 35.2 Å². The van der Waals surface area contributed by atoms with Gasteiger partial charge >= 0.3 is 0 Å². The lowest BCUT2D eigenvalue weighted by Crippen LogP contribution is -2.53. The lowest BCUT2D eigenvalue weighted by Gasteiger charge is -2.34. The second-order valence-electron chi connectivity index (χ2n) is 10.9. The highest BCUT2D eigenvalue weighted by molar-refractivity contribution is 7.92. The lowest BCUT2D eigenvalue weighted by molar-refractivity contribution is -0.140. The van der Waals surface area contributed by atoms with Gasteiger partial charge in [0.25, 0.3) is 10.0 Å². The number of sulfonamides is 1. The molecule has 1 N–H and O–H groups in total. The molecule has 0 saturated carbocycles. The van der Waals surface area contributed by atoms with Crippen molar-refractivity contribution in [3.63, 3.8) is 0 Å². The maximum absolute atomic E-state index is 14.6. The Morgan fingerprint density at radius 1 is 0.851 bits per heavy atom. The summed E-state index contributed by atoms with van der Waals surface area (Å²) in [7, 11) is -1.39. The molecule has 2 amide bonds. The van der Waals surface area contributed by atoms with Gasteiger partial charge in [-0.3, -0.25) is 13.9 Å². The molecule has 0 unspecified atom stereocenters. The normalized spacial score (nSPS) is 11.7. The SMILES string of the molecule is CCCCNC(=O)[C@H](Cc1ccccc1)N(Cc1cccc(Cl)c1)C(=O)CN(c1ccccc1OC)S(=O)(=O)c1ccc(OC)cc1. The smallest absolute Gasteiger partial charge is 0.264 e. The van der Waals surface area contributed by atoms with Crippen molar-refractivity contribution in [1.29, 1.82) is 0 Å². The Bertz CT molecular complexity index is 1740. The van der Waals surface area contributed by atoms with Gasteiger partial charge in [-0.15, -0.1) is 0 Å². The van der Waals surface area contributed by atoms with Crippen molar-refractivity contribution >= 4 is 39.1 Å². The van der Waals surface area contributed by atoms with Gasteiger partial charge in [-0.05, 0) is 66.1 Å². The van der Waals surface area contributed by atoms with Crippen molar-refractivity contribution in [1.82, 2.24) is 10.2 Å². The van der Waals surface area contributed by atoms with Gasteiger partial charge in [0.1, 0.15) is 24.1 Å². The fourth-order valence-electron chi connectivity index (χ4n) is 5.12. The van der Waals surface area contributed by atoms with Crippen molar-refractivity contribution < 1.29 is 27.5 Å². The number of methoxy groups -OCH3 is 2. The van der Waals surface area contributed by atoms with Gasteiger partial charge in [0.05, 0.1) is 24.8 Å². The molecule has 11 heteroatoms. The summed E-state index contributed by atoms with van der Waals surface area (Å²) in [6.45, 7) is 1.88. The predicted octanol–water partition coefficient (Wildman–Crippen LogP) is 6.11. The molecule has 0 spiro atoms. The zero-order chi connectivity index (χ0) is 33.8. The van der Waals surface area contributed by atoms with E-state index in [0.717, 1.165) is 22.7 Å². The summed E-state index contributed by atoms with van der Waals surface area (Å²) in [4.78, 5) is 29.9. The van der Waals surface area contributed by atoms with E-state index in [4.69, 9.17) is 21.1 Å². The molecule has 4 aromatic carbocycles. The van der Waals surface area contributed by atoms with Crippen LogP contribution in [0.1, 0.15) is 30.9 Å². The van der Waals surface area contributed by atoms with Gasteiger partial charge in [0.2, 0.25) is 11.8 Å². The number of ether oxygens (including phenoxy) is 2. The van der Waals surface area contributed by atoms with Crippen LogP contribution >= 0.6 is 11.6 Å². The van der Waals surface area contributed by atoms with Crippen LogP contribution in [-0.2, 0) is 32.6 Å². The highest BCUT2D eigenvalue weighted by atomic mass is 35.5. The van der Waals surface area contributed by atoms with Crippen molar-refractivity contribution in [2.24, 2.45) is 0 Å². The Morgan fingerprint density at radius 3 is 2.19 bits per heavy atom. The summed E-state index contributed by atoms with van der Waals surface area (Å²) in [6, 6.07) is 28.0. The highest BCUT2D eigenvalue weighted by Crippen LogP contribution is 2.33. The second-order valence-corrected chi connectivity index (χ2v) is 13.2. The molecule has 0 aliphatic rings. The number of halogens is 1. The topological polar surface area (TPSA) is 105 Å². The van der Waals surface area contributed by atoms with Crippen LogP contribution in [-0.4, -0.2) is 58.5 Å². The van der Waals surface area contributed by atoms with Crippen molar-refractivity contribution in [2.45, 2.75) is 43.7 Å². The number of nitrogens with zero attached hydrogens (tertiary/aromatic N) is 2. The van der Waals surface area contributed by atoms with Crippen LogP contribution in [0.5, 0.6) is 11.5 Å². The van der Waals surface area contributed by atoms with E-state index in [0.29, 0.717) is 22.9 Å². The fraction of sp³-hybridized carbons (Fsp3) is 0.278. The van der Waals surface area contributed by atoms with E-state index in [9.17, 15) is 18.0 Å². The van der Waals surface area contributed by atoms with Crippen LogP contribution in [0.25, 0.3) is 0 Å². The average molecular weight is 678 g/mol. The number of rotatable bonds is 16. The van der Waals surface area contributed by atoms with Crippen molar-refractivity contribution in [2.75, 3.05) is 31.6 Å². The number of unbranched alkanes of at least 4 members (excludes halogenated alkanes) is 1. The van der Waals surface area contributed by atoms with Gasteiger partial charge in [0, 0.05) is 24.5 Å². The highest BCUT2D eigenvalue weighted by Gasteiger charge is 2.35. The van der Waals surface area contributed by atoms with Gasteiger partial charge in [0.15, 0.2) is 0 Å². The molecule has 0 aliphatic carbocycles. The zero-order valence-electron chi connectivity index (χ0n) is 26.8. The first kappa shape index (κ1) is 35.3. The molecule has 47 heavy (non-hydrogen) atoms. The van der Waals surface area contributed by atoms with E-state index < -0.39 is 28.5 Å². The minimum absolute atomic E-state index is 0.0143. The molecule has 0 radical (unpaired) electrons. The van der Waals surface area contributed by atoms with E-state index in [1.54, 1.807) is 42.5 Å². The summed E-state index contributed by atoms with van der Waals surface area (Å²) in [5.74, 6) is -0.176. The van der Waals surface area contributed by atoms with Gasteiger partial charge < -0.3 is 19.7 Å². The number of hydrogen-bond donors (Lipinski definition) is 1. The molecule has 0 fully saturated rings. The zero-order valence-corrected chi connectivity index (χ0v) is 28.3. The van der Waals surface area contributed by atoms with Crippen LogP contribution in [0.3, 0.4) is 0 Å². The molecule has 248 valence electrons. The number of amides is 2. The Morgan fingerprint density at radius 2 is 1.53 bits per heavy atom. The average Bonchev–Trinajstić information content (AvgIpc) is 3.09. The number of hydrogen-bond acceptors (Lipinski definition) is 6. The molecule has 4 rings (SSSR count). The van der Waals surface area contributed by atoms with Gasteiger partial charge in [-0.25, -0.2) is 8.42 Å². The summed E-state index contributed by atoms with van der Waals surface area (Å²) < 4.78 is 40.4. The van der Waals surface area contributed by atoms with Gasteiger partial charge in [-0.2, -0.15) is 0 Å². The minimum atomic E-state index is -4.31. The van der Waals surface area contributed by atoms with Crippen LogP contribution in [0.4, 0.5) is 5.69 Å². The van der Waals surface area contributed by atoms with E-state index >= 15 is 0 Å². The second kappa shape index (κ2) is 16.9. The molecular weight excluding hydrogens is 638 g/mol.